The van der Waals surface area contributed by atoms with Gasteiger partial charge in [-0.15, -0.1) is 5.10 Å². The molecule has 8 nitrogen and oxygen atoms in total. The molecule has 1 heterocycles. The molecule has 3 atom stereocenters. The maximum atomic E-state index is 13.3. The minimum atomic E-state index is -1.07. The summed E-state index contributed by atoms with van der Waals surface area (Å²) in [5, 5.41) is 18.6. The molecule has 1 fully saturated rings. The van der Waals surface area contributed by atoms with Gasteiger partial charge in [0.05, 0.1) is 17.8 Å². The van der Waals surface area contributed by atoms with Crippen LogP contribution in [0.4, 0.5) is 4.39 Å². The first-order chi connectivity index (χ1) is 18.3. The Morgan fingerprint density at radius 3 is 2.50 bits per heavy atom. The van der Waals surface area contributed by atoms with Gasteiger partial charge in [0.1, 0.15) is 23.7 Å². The number of hydrogen-bond donors (Lipinski definition) is 1. The fourth-order valence-electron chi connectivity index (χ4n) is 5.16. The number of aliphatic carboxylic acids is 1. The first-order valence-electron chi connectivity index (χ1n) is 12.4. The molecule has 1 saturated carbocycles. The van der Waals surface area contributed by atoms with Crippen molar-refractivity contribution in [3.8, 4) is 5.75 Å². The van der Waals surface area contributed by atoms with Crippen LogP contribution in [-0.2, 0) is 17.9 Å². The molecule has 194 valence electrons. The summed E-state index contributed by atoms with van der Waals surface area (Å²) in [5.41, 5.74) is 2.27. The second kappa shape index (κ2) is 10.5. The Morgan fingerprint density at radius 1 is 1.05 bits per heavy atom. The number of carbonyl (C=O) groups excluding carboxylic acids is 1. The average molecular weight is 516 g/mol. The molecule has 0 amide bonds. The molecule has 0 radical (unpaired) electrons. The fourth-order valence-corrected chi connectivity index (χ4v) is 5.16. The van der Waals surface area contributed by atoms with Crippen LogP contribution in [0.25, 0.3) is 10.9 Å². The molecule has 9 heteroatoms. The Balaban J connectivity index is 1.29. The molecule has 0 bridgehead atoms. The van der Waals surface area contributed by atoms with Crippen molar-refractivity contribution in [2.45, 2.75) is 32.9 Å². The van der Waals surface area contributed by atoms with Gasteiger partial charge in [-0.3, -0.25) is 14.4 Å². The van der Waals surface area contributed by atoms with Crippen LogP contribution in [0.5, 0.6) is 5.75 Å². The normalized spacial score (nSPS) is 18.9. The Labute approximate surface area is 217 Å². The van der Waals surface area contributed by atoms with Crippen LogP contribution in [0.15, 0.2) is 71.5 Å². The molecule has 1 N–H and O–H groups in total. The van der Waals surface area contributed by atoms with Gasteiger partial charge in [-0.1, -0.05) is 29.0 Å². The van der Waals surface area contributed by atoms with Gasteiger partial charge in [0, 0.05) is 11.5 Å². The summed E-state index contributed by atoms with van der Waals surface area (Å²) >= 11 is 0. The molecule has 3 aromatic carbocycles. The Kier molecular flexibility index (Phi) is 7.00. The van der Waals surface area contributed by atoms with E-state index in [4.69, 9.17) is 4.74 Å². The standard InChI is InChI=1S/C29H26FN3O5/c1-17-2-13-25-24(14-17)28(35)33(32-31-25)15-20-7-12-23(26(20)29(36)37)27(34)19-5-10-22(11-6-19)38-16-18-3-8-21(30)9-4-18/h2-6,8-11,13-14,20,23,26H,7,12,15-16H2,1H3,(H,36,37). The van der Waals surface area contributed by atoms with E-state index in [0.29, 0.717) is 35.1 Å². The van der Waals surface area contributed by atoms with E-state index in [-0.39, 0.29) is 30.3 Å². The monoisotopic (exact) mass is 515 g/mol. The quantitative estimate of drug-likeness (QED) is 0.346. The lowest BCUT2D eigenvalue weighted by Crippen LogP contribution is -2.34. The SMILES string of the molecule is Cc1ccc2nnn(CC3CCC(C(=O)c4ccc(OCc5ccc(F)cc5)cc4)C3C(=O)O)c(=O)c2c1. The number of carbonyl (C=O) groups is 2. The van der Waals surface area contributed by atoms with Crippen molar-refractivity contribution in [3.63, 3.8) is 0 Å². The van der Waals surface area contributed by atoms with E-state index in [1.165, 1.54) is 16.8 Å². The summed E-state index contributed by atoms with van der Waals surface area (Å²) in [5.74, 6) is -3.20. The number of Topliss-reactive ketones (excluding diaryl/α,β-unsaturated/α-hetero) is 1. The lowest BCUT2D eigenvalue weighted by Gasteiger charge is -2.20. The van der Waals surface area contributed by atoms with E-state index >= 15 is 0 Å². The second-order valence-corrected chi connectivity index (χ2v) is 9.71. The lowest BCUT2D eigenvalue weighted by molar-refractivity contribution is -0.144. The molecule has 0 spiro atoms. The molecule has 3 unspecified atom stereocenters. The number of halogens is 1. The number of ketones is 1. The van der Waals surface area contributed by atoms with Gasteiger partial charge in [-0.25, -0.2) is 9.07 Å². The fraction of sp³-hybridized carbons (Fsp3) is 0.276. The number of rotatable bonds is 8. The highest BCUT2D eigenvalue weighted by Crippen LogP contribution is 2.40. The van der Waals surface area contributed by atoms with Gasteiger partial charge < -0.3 is 9.84 Å². The molecule has 0 aliphatic heterocycles. The maximum Gasteiger partial charge on any atom is 0.307 e. The third-order valence-corrected chi connectivity index (χ3v) is 7.15. The number of ether oxygens (including phenoxy) is 1. The van der Waals surface area contributed by atoms with E-state index in [1.54, 1.807) is 48.5 Å². The summed E-state index contributed by atoms with van der Waals surface area (Å²) in [7, 11) is 0. The molecular weight excluding hydrogens is 489 g/mol. The van der Waals surface area contributed by atoms with Crippen molar-refractivity contribution >= 4 is 22.7 Å². The zero-order valence-electron chi connectivity index (χ0n) is 20.7. The van der Waals surface area contributed by atoms with Crippen molar-refractivity contribution in [3.05, 3.63) is 99.6 Å². The number of carboxylic acids is 1. The molecule has 1 aliphatic carbocycles. The van der Waals surface area contributed by atoms with E-state index in [0.717, 1.165) is 11.1 Å². The van der Waals surface area contributed by atoms with Crippen molar-refractivity contribution < 1.29 is 23.8 Å². The summed E-state index contributed by atoms with van der Waals surface area (Å²) < 4.78 is 20.0. The summed E-state index contributed by atoms with van der Waals surface area (Å²) in [6, 6.07) is 17.9. The number of benzene rings is 3. The van der Waals surface area contributed by atoms with E-state index in [9.17, 15) is 23.9 Å². The molecule has 1 aromatic heterocycles. The largest absolute Gasteiger partial charge is 0.489 e. The second-order valence-electron chi connectivity index (χ2n) is 9.71. The summed E-state index contributed by atoms with van der Waals surface area (Å²) in [6.07, 6.45) is 0.879. The van der Waals surface area contributed by atoms with Gasteiger partial charge in [-0.05, 0) is 79.8 Å². The van der Waals surface area contributed by atoms with Crippen molar-refractivity contribution in [1.29, 1.82) is 0 Å². The van der Waals surface area contributed by atoms with E-state index in [1.807, 2.05) is 13.0 Å². The Bertz CT molecular complexity index is 1550. The predicted octanol–water partition coefficient (Wildman–Crippen LogP) is 4.43. The zero-order chi connectivity index (χ0) is 26.8. The van der Waals surface area contributed by atoms with Gasteiger partial charge in [0.25, 0.3) is 5.56 Å². The first-order valence-corrected chi connectivity index (χ1v) is 12.4. The van der Waals surface area contributed by atoms with Crippen LogP contribution >= 0.6 is 0 Å². The van der Waals surface area contributed by atoms with E-state index in [2.05, 4.69) is 10.3 Å². The number of fused-ring (bicyclic) bond motifs is 1. The molecule has 5 rings (SSSR count). The zero-order valence-corrected chi connectivity index (χ0v) is 20.7. The molecular formula is C29H26FN3O5. The summed E-state index contributed by atoms with van der Waals surface area (Å²) in [6.45, 7) is 2.20. The highest BCUT2D eigenvalue weighted by molar-refractivity contribution is 6.00. The molecule has 1 aliphatic rings. The molecule has 4 aromatic rings. The van der Waals surface area contributed by atoms with Crippen LogP contribution in [0, 0.1) is 30.5 Å². The number of aryl methyl sites for hydroxylation is 1. The Hall–Kier alpha value is -4.40. The van der Waals surface area contributed by atoms with Crippen LogP contribution in [-0.4, -0.2) is 31.9 Å². The smallest absolute Gasteiger partial charge is 0.307 e. The topological polar surface area (TPSA) is 111 Å². The van der Waals surface area contributed by atoms with Gasteiger partial charge in [0.15, 0.2) is 5.78 Å². The van der Waals surface area contributed by atoms with Crippen LogP contribution in [0.3, 0.4) is 0 Å². The molecule has 0 saturated heterocycles. The summed E-state index contributed by atoms with van der Waals surface area (Å²) in [4.78, 5) is 38.6. The van der Waals surface area contributed by atoms with Crippen molar-refractivity contribution in [2.75, 3.05) is 0 Å². The van der Waals surface area contributed by atoms with E-state index < -0.39 is 23.7 Å². The minimum Gasteiger partial charge on any atom is -0.489 e. The van der Waals surface area contributed by atoms with Crippen LogP contribution in [0.2, 0.25) is 0 Å². The maximum absolute atomic E-state index is 13.3. The lowest BCUT2D eigenvalue weighted by atomic mass is 9.84. The Morgan fingerprint density at radius 2 is 1.79 bits per heavy atom. The molecule has 38 heavy (non-hydrogen) atoms. The third-order valence-electron chi connectivity index (χ3n) is 7.15. The third kappa shape index (κ3) is 5.18. The highest BCUT2D eigenvalue weighted by Gasteiger charge is 2.45. The number of carboxylic acid groups (broad SMARTS) is 1. The predicted molar refractivity (Wildman–Crippen MR) is 137 cm³/mol. The van der Waals surface area contributed by atoms with Gasteiger partial charge in [-0.2, -0.15) is 0 Å². The van der Waals surface area contributed by atoms with Crippen molar-refractivity contribution in [1.82, 2.24) is 15.0 Å². The van der Waals surface area contributed by atoms with Crippen LogP contribution < -0.4 is 10.3 Å². The minimum absolute atomic E-state index is 0.0760. The first kappa shape index (κ1) is 25.3. The average Bonchev–Trinajstić information content (AvgIpc) is 3.34. The van der Waals surface area contributed by atoms with Crippen molar-refractivity contribution in [2.24, 2.45) is 17.8 Å². The van der Waals surface area contributed by atoms with Gasteiger partial charge >= 0.3 is 5.97 Å². The highest BCUT2D eigenvalue weighted by atomic mass is 19.1. The number of aromatic nitrogens is 3. The van der Waals surface area contributed by atoms with Crippen LogP contribution in [0.1, 0.15) is 34.3 Å². The number of nitrogens with zero attached hydrogens (tertiary/aromatic N) is 3. The van der Waals surface area contributed by atoms with Gasteiger partial charge in [0.2, 0.25) is 0 Å². The number of hydrogen-bond acceptors (Lipinski definition) is 6.